The number of rotatable bonds is 59. The average molecular weight is 1200 g/mol. The number of unbranched alkanes of at least 4 members (excludes halogenated alkanes) is 23. The second-order valence-corrected chi connectivity index (χ2v) is 26.8. The lowest BCUT2D eigenvalue weighted by molar-refractivity contribution is -0.161. The molecule has 0 rings (SSSR count). The molecule has 0 saturated carbocycles. The lowest BCUT2D eigenvalue weighted by Crippen LogP contribution is -2.30. The first-order valence-electron chi connectivity index (χ1n) is 32.3. The molecule has 3 N–H and O–H groups in total. The Labute approximate surface area is 492 Å². The Bertz CT molecular complexity index is 1630. The fraction of sp³-hybridized carbons (Fsp3) is 0.935. The maximum absolute atomic E-state index is 12.9. The van der Waals surface area contributed by atoms with Gasteiger partial charge in [0.15, 0.2) is 12.2 Å². The Balaban J connectivity index is 5.26. The van der Waals surface area contributed by atoms with Crippen LogP contribution in [0.15, 0.2) is 0 Å². The lowest BCUT2D eigenvalue weighted by atomic mass is 10.00. The van der Waals surface area contributed by atoms with Crippen LogP contribution in [-0.4, -0.2) is 96.7 Å². The molecule has 0 aliphatic heterocycles. The first-order chi connectivity index (χ1) is 38.7. The largest absolute Gasteiger partial charge is 0.472 e. The maximum atomic E-state index is 12.9. The van der Waals surface area contributed by atoms with Crippen molar-refractivity contribution in [3.05, 3.63) is 0 Å². The molecule has 81 heavy (non-hydrogen) atoms. The molecule has 0 aromatic carbocycles. The van der Waals surface area contributed by atoms with E-state index < -0.39 is 97.5 Å². The van der Waals surface area contributed by atoms with E-state index in [9.17, 15) is 43.2 Å². The first-order valence-corrected chi connectivity index (χ1v) is 35.3. The van der Waals surface area contributed by atoms with Crippen LogP contribution in [-0.2, 0) is 65.4 Å². The molecule has 19 heteroatoms. The molecule has 0 amide bonds. The molecule has 0 aliphatic rings. The number of phosphoric ester groups is 2. The number of hydrogen-bond donors (Lipinski definition) is 3. The van der Waals surface area contributed by atoms with E-state index in [2.05, 4.69) is 55.4 Å². The minimum Gasteiger partial charge on any atom is -0.462 e. The van der Waals surface area contributed by atoms with Crippen LogP contribution in [0, 0.1) is 23.7 Å². The zero-order chi connectivity index (χ0) is 60.4. The molecule has 0 aromatic rings. The Kier molecular flexibility index (Phi) is 51.1. The van der Waals surface area contributed by atoms with Gasteiger partial charge in [0.1, 0.15) is 19.3 Å². The van der Waals surface area contributed by atoms with Crippen LogP contribution < -0.4 is 0 Å². The van der Waals surface area contributed by atoms with Gasteiger partial charge in [-0.2, -0.15) is 0 Å². The Morgan fingerprint density at radius 2 is 0.593 bits per heavy atom. The van der Waals surface area contributed by atoms with Gasteiger partial charge in [-0.15, -0.1) is 0 Å². The molecule has 480 valence electrons. The third-order valence-electron chi connectivity index (χ3n) is 14.8. The smallest absolute Gasteiger partial charge is 0.462 e. The van der Waals surface area contributed by atoms with Crippen LogP contribution in [0.1, 0.15) is 293 Å². The van der Waals surface area contributed by atoms with Gasteiger partial charge in [-0.25, -0.2) is 9.13 Å². The topological polar surface area (TPSA) is 237 Å². The number of ether oxygens (including phenoxy) is 4. The fourth-order valence-corrected chi connectivity index (χ4v) is 10.6. The molecule has 7 atom stereocenters. The van der Waals surface area contributed by atoms with E-state index in [4.69, 9.17) is 37.0 Å². The third-order valence-corrected chi connectivity index (χ3v) is 16.7. The van der Waals surface area contributed by atoms with Gasteiger partial charge in [0.25, 0.3) is 0 Å². The van der Waals surface area contributed by atoms with Crippen molar-refractivity contribution in [3.8, 4) is 0 Å². The summed E-state index contributed by atoms with van der Waals surface area (Å²) >= 11 is 0. The maximum Gasteiger partial charge on any atom is 0.472 e. The quantitative estimate of drug-likeness (QED) is 0.0222. The molecule has 0 aliphatic carbocycles. The summed E-state index contributed by atoms with van der Waals surface area (Å²) in [6.07, 6.45) is 30.9. The van der Waals surface area contributed by atoms with Crippen molar-refractivity contribution in [2.45, 2.75) is 311 Å². The van der Waals surface area contributed by atoms with Crippen molar-refractivity contribution in [3.63, 3.8) is 0 Å². The van der Waals surface area contributed by atoms with E-state index in [1.807, 2.05) is 0 Å². The molecule has 0 radical (unpaired) electrons. The summed E-state index contributed by atoms with van der Waals surface area (Å²) in [6.45, 7) is 13.9. The van der Waals surface area contributed by atoms with E-state index in [-0.39, 0.29) is 25.7 Å². The predicted octanol–water partition coefficient (Wildman–Crippen LogP) is 16.6. The lowest BCUT2D eigenvalue weighted by Gasteiger charge is -2.21. The van der Waals surface area contributed by atoms with E-state index in [0.29, 0.717) is 31.6 Å². The highest BCUT2D eigenvalue weighted by molar-refractivity contribution is 7.47. The van der Waals surface area contributed by atoms with Crippen LogP contribution >= 0.6 is 15.6 Å². The summed E-state index contributed by atoms with van der Waals surface area (Å²) < 4.78 is 67.9. The van der Waals surface area contributed by atoms with E-state index in [0.717, 1.165) is 114 Å². The molecule has 4 unspecified atom stereocenters. The zero-order valence-electron chi connectivity index (χ0n) is 52.4. The molecule has 0 heterocycles. The van der Waals surface area contributed by atoms with Crippen molar-refractivity contribution in [2.75, 3.05) is 39.6 Å². The van der Waals surface area contributed by atoms with Gasteiger partial charge in [0, 0.05) is 25.7 Å². The zero-order valence-corrected chi connectivity index (χ0v) is 54.2. The van der Waals surface area contributed by atoms with Crippen molar-refractivity contribution in [1.29, 1.82) is 0 Å². The second-order valence-electron chi connectivity index (χ2n) is 23.9. The molecule has 0 saturated heterocycles. The highest BCUT2D eigenvalue weighted by Crippen LogP contribution is 2.45. The number of hydrogen-bond acceptors (Lipinski definition) is 15. The second kappa shape index (κ2) is 52.4. The van der Waals surface area contributed by atoms with Gasteiger partial charge >= 0.3 is 39.5 Å². The average Bonchev–Trinajstić information content (AvgIpc) is 3.42. The van der Waals surface area contributed by atoms with E-state index >= 15 is 0 Å². The highest BCUT2D eigenvalue weighted by atomic mass is 31.2. The van der Waals surface area contributed by atoms with E-state index in [1.54, 1.807) is 0 Å². The molecular formula is C62H120O17P2. The molecule has 0 bridgehead atoms. The Morgan fingerprint density at radius 1 is 0.346 bits per heavy atom. The minimum atomic E-state index is -4.94. The molecule has 17 nitrogen and oxygen atoms in total. The predicted molar refractivity (Wildman–Crippen MR) is 321 cm³/mol. The fourth-order valence-electron chi connectivity index (χ4n) is 9.01. The molecule has 0 aromatic heterocycles. The number of esters is 4. The molecule has 0 spiro atoms. The molecule has 0 fully saturated rings. The minimum absolute atomic E-state index is 0.101. The highest BCUT2D eigenvalue weighted by Gasteiger charge is 2.30. The van der Waals surface area contributed by atoms with Gasteiger partial charge < -0.3 is 33.8 Å². The van der Waals surface area contributed by atoms with Gasteiger partial charge in [0.05, 0.1) is 26.4 Å². The number of aliphatic hydroxyl groups excluding tert-OH is 1. The summed E-state index contributed by atoms with van der Waals surface area (Å²) in [5, 5.41) is 10.5. The molecular weight excluding hydrogens is 1080 g/mol. The van der Waals surface area contributed by atoms with Crippen molar-refractivity contribution in [1.82, 2.24) is 0 Å². The van der Waals surface area contributed by atoms with Gasteiger partial charge in [0.2, 0.25) is 0 Å². The van der Waals surface area contributed by atoms with Gasteiger partial charge in [-0.1, -0.05) is 242 Å². The number of carbonyl (C=O) groups excluding carboxylic acids is 4. The standard InChI is InChI=1S/C62H120O17P2/c1-9-54(7)40-32-24-18-20-27-35-43-60(65)73-49-57(78-61(66)44-36-28-17-13-15-23-31-39-53(5)6)50-76-80(68,69)74-46-56(63)47-75-81(70,71)77-51-58(79-62(67)45-37-29-21-19-25-33-41-55(8)10-2)48-72-59(64)42-34-26-16-12-11-14-22-30-38-52(3)4/h52-58,63H,9-51H2,1-8H3,(H,68,69)(H,70,71)/t54?,55?,56-,57+,58+/m0/s1. The van der Waals surface area contributed by atoms with E-state index in [1.165, 1.54) is 89.9 Å². The summed E-state index contributed by atoms with van der Waals surface area (Å²) in [7, 11) is -9.89. The summed E-state index contributed by atoms with van der Waals surface area (Å²) in [5.74, 6) is 0.726. The third kappa shape index (κ3) is 54.5. The number of carbonyl (C=O) groups is 4. The first kappa shape index (κ1) is 79.1. The Morgan fingerprint density at radius 3 is 0.877 bits per heavy atom. The number of phosphoric acid groups is 2. The van der Waals surface area contributed by atoms with Gasteiger partial charge in [-0.05, 0) is 49.4 Å². The van der Waals surface area contributed by atoms with Crippen molar-refractivity contribution in [2.24, 2.45) is 23.7 Å². The van der Waals surface area contributed by atoms with Crippen LogP contribution in [0.5, 0.6) is 0 Å². The summed E-state index contributed by atoms with van der Waals surface area (Å²) in [6, 6.07) is 0. The van der Waals surface area contributed by atoms with Gasteiger partial charge in [-0.3, -0.25) is 37.3 Å². The van der Waals surface area contributed by atoms with Crippen LogP contribution in [0.3, 0.4) is 0 Å². The van der Waals surface area contributed by atoms with Crippen molar-refractivity contribution >= 4 is 39.5 Å². The summed E-state index contributed by atoms with van der Waals surface area (Å²) in [4.78, 5) is 72.1. The van der Waals surface area contributed by atoms with Crippen LogP contribution in [0.25, 0.3) is 0 Å². The summed E-state index contributed by atoms with van der Waals surface area (Å²) in [5.41, 5.74) is 0. The Hall–Kier alpha value is -1.94. The SMILES string of the molecule is CCC(C)CCCCCCCCC(=O)OC[C@H](COP(=O)(O)OC[C@H](O)COP(=O)(O)OC[C@@H](COC(=O)CCCCCCCCCCC(C)C)OC(=O)CCCCCCCCC(C)CC)OC(=O)CCCCCCCCCC(C)C. The number of aliphatic hydroxyl groups is 1. The monoisotopic (exact) mass is 1200 g/mol. The van der Waals surface area contributed by atoms with Crippen molar-refractivity contribution < 1.29 is 80.2 Å². The van der Waals surface area contributed by atoms with Crippen LogP contribution in [0.2, 0.25) is 0 Å². The normalized spacial score (nSPS) is 15.2. The van der Waals surface area contributed by atoms with Crippen LogP contribution in [0.4, 0.5) is 0 Å².